The molecule has 0 aliphatic carbocycles. The van der Waals surface area contributed by atoms with Crippen LogP contribution in [0.3, 0.4) is 0 Å². The quantitative estimate of drug-likeness (QED) is 0.772. The first-order valence-electron chi connectivity index (χ1n) is 9.55. The average Bonchev–Trinajstić information content (AvgIpc) is 2.85. The number of imide groups is 1. The highest BCUT2D eigenvalue weighted by Gasteiger charge is 2.54. The zero-order valence-electron chi connectivity index (χ0n) is 15.6. The molecular formula is C18H30N4O3. The van der Waals surface area contributed by atoms with Crippen LogP contribution in [0.15, 0.2) is 0 Å². The fourth-order valence-corrected chi connectivity index (χ4v) is 4.29. The lowest BCUT2D eigenvalue weighted by Gasteiger charge is -2.39. The monoisotopic (exact) mass is 350 g/mol. The van der Waals surface area contributed by atoms with Crippen LogP contribution < -0.4 is 5.32 Å². The molecule has 1 spiro atoms. The summed E-state index contributed by atoms with van der Waals surface area (Å²) in [5.41, 5.74) is -0.729. The van der Waals surface area contributed by atoms with Crippen molar-refractivity contribution in [3.63, 3.8) is 0 Å². The Hall–Kier alpha value is -1.63. The van der Waals surface area contributed by atoms with E-state index >= 15 is 0 Å². The van der Waals surface area contributed by atoms with E-state index in [9.17, 15) is 14.4 Å². The van der Waals surface area contributed by atoms with Gasteiger partial charge in [-0.05, 0) is 32.2 Å². The van der Waals surface area contributed by atoms with Crippen LogP contribution >= 0.6 is 0 Å². The van der Waals surface area contributed by atoms with E-state index in [1.807, 2.05) is 18.7 Å². The van der Waals surface area contributed by atoms with Crippen molar-refractivity contribution in [3.05, 3.63) is 0 Å². The maximum atomic E-state index is 13.1. The Balaban J connectivity index is 1.71. The molecule has 1 atom stereocenters. The Kier molecular flexibility index (Phi) is 5.04. The summed E-state index contributed by atoms with van der Waals surface area (Å²) in [4.78, 5) is 43.5. The molecule has 3 aliphatic rings. The van der Waals surface area contributed by atoms with E-state index in [4.69, 9.17) is 0 Å². The minimum absolute atomic E-state index is 0.0634. The van der Waals surface area contributed by atoms with Crippen LogP contribution in [0.5, 0.6) is 0 Å². The molecule has 3 fully saturated rings. The van der Waals surface area contributed by atoms with Crippen molar-refractivity contribution in [2.45, 2.75) is 58.0 Å². The third kappa shape index (κ3) is 3.26. The van der Waals surface area contributed by atoms with Crippen LogP contribution in [0.1, 0.15) is 46.5 Å². The molecule has 25 heavy (non-hydrogen) atoms. The fourth-order valence-electron chi connectivity index (χ4n) is 4.29. The third-order valence-corrected chi connectivity index (χ3v) is 5.92. The van der Waals surface area contributed by atoms with Crippen molar-refractivity contribution in [3.8, 4) is 0 Å². The van der Waals surface area contributed by atoms with Crippen molar-refractivity contribution in [2.24, 2.45) is 5.92 Å². The van der Waals surface area contributed by atoms with Gasteiger partial charge in [0.25, 0.3) is 5.91 Å². The van der Waals surface area contributed by atoms with Crippen molar-refractivity contribution in [1.82, 2.24) is 20.0 Å². The van der Waals surface area contributed by atoms with Gasteiger partial charge in [-0.25, -0.2) is 4.79 Å². The zero-order chi connectivity index (χ0) is 18.2. The van der Waals surface area contributed by atoms with Crippen LogP contribution in [0, 0.1) is 5.92 Å². The first-order valence-corrected chi connectivity index (χ1v) is 9.55. The molecule has 7 heteroatoms. The summed E-state index contributed by atoms with van der Waals surface area (Å²) >= 11 is 0. The van der Waals surface area contributed by atoms with Gasteiger partial charge in [0.05, 0.1) is 6.04 Å². The number of rotatable bonds is 3. The van der Waals surface area contributed by atoms with E-state index in [0.29, 0.717) is 25.9 Å². The third-order valence-electron chi connectivity index (χ3n) is 5.92. The summed E-state index contributed by atoms with van der Waals surface area (Å²) in [5.74, 6) is -0.0496. The van der Waals surface area contributed by atoms with Gasteiger partial charge in [-0.2, -0.15) is 0 Å². The van der Waals surface area contributed by atoms with Crippen LogP contribution in [-0.2, 0) is 9.59 Å². The Morgan fingerprint density at radius 3 is 2.52 bits per heavy atom. The van der Waals surface area contributed by atoms with Gasteiger partial charge in [0, 0.05) is 32.1 Å². The molecule has 140 valence electrons. The number of carbonyl (C=O) groups excluding carboxylic acids is 3. The molecular weight excluding hydrogens is 320 g/mol. The number of likely N-dealkylation sites (tertiary alicyclic amines) is 2. The van der Waals surface area contributed by atoms with E-state index in [1.165, 1.54) is 4.90 Å². The van der Waals surface area contributed by atoms with Gasteiger partial charge in [-0.3, -0.25) is 14.5 Å². The van der Waals surface area contributed by atoms with Crippen molar-refractivity contribution < 1.29 is 14.4 Å². The van der Waals surface area contributed by atoms with Crippen LogP contribution in [0.4, 0.5) is 4.79 Å². The highest BCUT2D eigenvalue weighted by Crippen LogP contribution is 2.32. The smallest absolute Gasteiger partial charge is 0.325 e. The molecule has 0 bridgehead atoms. The predicted octanol–water partition coefficient (Wildman–Crippen LogP) is 1.04. The molecule has 1 unspecified atom stereocenters. The molecule has 0 aromatic carbocycles. The Bertz CT molecular complexity index is 555. The maximum Gasteiger partial charge on any atom is 0.325 e. The summed E-state index contributed by atoms with van der Waals surface area (Å²) in [6.45, 7) is 9.70. The van der Waals surface area contributed by atoms with Gasteiger partial charge in [0.15, 0.2) is 0 Å². The second-order valence-electron chi connectivity index (χ2n) is 7.86. The first-order chi connectivity index (χ1) is 11.9. The van der Waals surface area contributed by atoms with Gasteiger partial charge in [-0.15, -0.1) is 0 Å². The second kappa shape index (κ2) is 6.94. The van der Waals surface area contributed by atoms with Gasteiger partial charge in [-0.1, -0.05) is 20.8 Å². The number of carbonyl (C=O) groups is 3. The second-order valence-corrected chi connectivity index (χ2v) is 7.86. The van der Waals surface area contributed by atoms with Crippen LogP contribution in [0.2, 0.25) is 0 Å². The molecule has 4 amide bonds. The number of piperidine rings is 2. The van der Waals surface area contributed by atoms with E-state index in [1.54, 1.807) is 0 Å². The Labute approximate surface area is 149 Å². The lowest BCUT2D eigenvalue weighted by Crippen LogP contribution is -2.56. The van der Waals surface area contributed by atoms with E-state index in [-0.39, 0.29) is 29.8 Å². The largest absolute Gasteiger partial charge is 0.340 e. The lowest BCUT2D eigenvalue weighted by atomic mass is 9.87. The number of nitrogens with zero attached hydrogens (tertiary/aromatic N) is 3. The summed E-state index contributed by atoms with van der Waals surface area (Å²) in [6.07, 6.45) is 2.95. The number of urea groups is 1. The highest BCUT2D eigenvalue weighted by atomic mass is 16.2. The zero-order valence-corrected chi connectivity index (χ0v) is 15.6. The van der Waals surface area contributed by atoms with Crippen LogP contribution in [-0.4, -0.2) is 76.8 Å². The summed E-state index contributed by atoms with van der Waals surface area (Å²) in [7, 11) is 0. The standard InChI is InChI=1S/C18H30N4O3/c1-4-20-10-7-18(8-11-20)16(24)22(17(25)19-18)14-6-5-9-21(12-14)15(23)13(2)3/h13-14H,4-12H2,1-3H3,(H,19,25). The molecule has 1 N–H and O–H groups in total. The highest BCUT2D eigenvalue weighted by molar-refractivity contribution is 6.07. The Morgan fingerprint density at radius 2 is 1.92 bits per heavy atom. The van der Waals surface area contributed by atoms with Crippen molar-refractivity contribution in [2.75, 3.05) is 32.7 Å². The molecule has 0 aromatic rings. The molecule has 3 heterocycles. The van der Waals surface area contributed by atoms with Crippen molar-refractivity contribution >= 4 is 17.8 Å². The molecule has 3 saturated heterocycles. The van der Waals surface area contributed by atoms with Gasteiger partial charge in [0.1, 0.15) is 5.54 Å². The first kappa shape index (κ1) is 18.2. The minimum Gasteiger partial charge on any atom is -0.340 e. The number of hydrogen-bond donors (Lipinski definition) is 1. The van der Waals surface area contributed by atoms with Gasteiger partial charge >= 0.3 is 6.03 Å². The molecule has 7 nitrogen and oxygen atoms in total. The van der Waals surface area contributed by atoms with Gasteiger partial charge < -0.3 is 15.1 Å². The molecule has 0 aromatic heterocycles. The molecule has 3 rings (SSSR count). The number of hydrogen-bond acceptors (Lipinski definition) is 4. The fraction of sp³-hybridized carbons (Fsp3) is 0.833. The Morgan fingerprint density at radius 1 is 1.24 bits per heavy atom. The SMILES string of the molecule is CCN1CCC2(CC1)NC(=O)N(C1CCCN(C(=O)C(C)C)C1)C2=O. The van der Waals surface area contributed by atoms with Crippen molar-refractivity contribution in [1.29, 1.82) is 0 Å². The van der Waals surface area contributed by atoms with Crippen LogP contribution in [0.25, 0.3) is 0 Å². The predicted molar refractivity (Wildman–Crippen MR) is 93.9 cm³/mol. The van der Waals surface area contributed by atoms with Gasteiger partial charge in [0.2, 0.25) is 5.91 Å². The summed E-state index contributed by atoms with van der Waals surface area (Å²) in [6, 6.07) is -0.480. The van der Waals surface area contributed by atoms with E-state index < -0.39 is 5.54 Å². The number of amides is 4. The van der Waals surface area contributed by atoms with E-state index in [2.05, 4.69) is 17.1 Å². The molecule has 3 aliphatic heterocycles. The normalized spacial score (nSPS) is 27.3. The topological polar surface area (TPSA) is 73.0 Å². The average molecular weight is 350 g/mol. The minimum atomic E-state index is -0.729. The lowest BCUT2D eigenvalue weighted by molar-refractivity contribution is -0.140. The summed E-state index contributed by atoms with van der Waals surface area (Å²) < 4.78 is 0. The molecule has 0 saturated carbocycles. The molecule has 0 radical (unpaired) electrons. The number of nitrogens with one attached hydrogen (secondary N) is 1. The maximum absolute atomic E-state index is 13.1. The van der Waals surface area contributed by atoms with E-state index in [0.717, 1.165) is 32.5 Å². The summed E-state index contributed by atoms with van der Waals surface area (Å²) in [5, 5.41) is 2.99.